The van der Waals surface area contributed by atoms with E-state index < -0.39 is 40.3 Å². The maximum atomic E-state index is 13.0. The molecule has 160 valence electrons. The number of ether oxygens (including phenoxy) is 1. The first-order chi connectivity index (χ1) is 15.3. The van der Waals surface area contributed by atoms with E-state index >= 15 is 0 Å². The first kappa shape index (κ1) is 19.4. The zero-order valence-corrected chi connectivity index (χ0v) is 16.3. The number of hydrogen-bond donors (Lipinski definition) is 4. The van der Waals surface area contributed by atoms with Crippen LogP contribution >= 0.6 is 0 Å². The van der Waals surface area contributed by atoms with E-state index in [0.717, 1.165) is 12.1 Å². The van der Waals surface area contributed by atoms with Crippen LogP contribution in [-0.2, 0) is 4.79 Å². The van der Waals surface area contributed by atoms with Crippen molar-refractivity contribution in [2.24, 2.45) is 0 Å². The zero-order chi connectivity index (χ0) is 22.6. The Morgan fingerprint density at radius 3 is 2.38 bits per heavy atom. The van der Waals surface area contributed by atoms with Gasteiger partial charge in [0.2, 0.25) is 11.2 Å². The molecule has 0 spiro atoms. The molecule has 9 nitrogen and oxygen atoms in total. The van der Waals surface area contributed by atoms with Gasteiger partial charge in [-0.3, -0.25) is 14.6 Å². The van der Waals surface area contributed by atoms with Crippen molar-refractivity contribution in [2.45, 2.75) is 12.3 Å². The van der Waals surface area contributed by atoms with Crippen molar-refractivity contribution in [3.8, 4) is 40.1 Å². The minimum absolute atomic E-state index is 0.0291. The highest BCUT2D eigenvalue weighted by molar-refractivity contribution is 5.94. The van der Waals surface area contributed by atoms with Gasteiger partial charge in [0.15, 0.2) is 17.3 Å². The van der Waals surface area contributed by atoms with Gasteiger partial charge in [-0.1, -0.05) is 0 Å². The van der Waals surface area contributed by atoms with Gasteiger partial charge in [-0.05, 0) is 35.9 Å². The van der Waals surface area contributed by atoms with Crippen LogP contribution in [0.2, 0.25) is 0 Å². The lowest BCUT2D eigenvalue weighted by atomic mass is 9.85. The summed E-state index contributed by atoms with van der Waals surface area (Å²) in [5.41, 5.74) is 0.204. The standard InChI is InChI=1S/C23H15NO8/c25-13-2-1-11(7-14(13)26)22-21(30)20(29)19-15(27)9-16-18(23(19)32-22)12(8-17(28)31-16)10-3-5-24-6-4-10/h1-7,9,12,25-27,30H,8H2/t12-/m1/s1. The molecule has 1 atom stereocenters. The Labute approximate surface area is 179 Å². The summed E-state index contributed by atoms with van der Waals surface area (Å²) in [7, 11) is 0. The molecule has 2 aromatic heterocycles. The van der Waals surface area contributed by atoms with Gasteiger partial charge in [0.25, 0.3) is 0 Å². The maximum Gasteiger partial charge on any atom is 0.312 e. The quantitative estimate of drug-likeness (QED) is 0.212. The molecule has 0 bridgehead atoms. The van der Waals surface area contributed by atoms with Crippen molar-refractivity contribution in [3.63, 3.8) is 0 Å². The topological polar surface area (TPSA) is 150 Å². The zero-order valence-electron chi connectivity index (χ0n) is 16.3. The number of nitrogens with zero attached hydrogens (tertiary/aromatic N) is 1. The van der Waals surface area contributed by atoms with E-state index in [4.69, 9.17) is 9.15 Å². The average Bonchev–Trinajstić information content (AvgIpc) is 2.77. The number of carbonyl (C=O) groups is 1. The largest absolute Gasteiger partial charge is 0.507 e. The smallest absolute Gasteiger partial charge is 0.312 e. The van der Waals surface area contributed by atoms with Crippen molar-refractivity contribution < 1.29 is 34.4 Å². The third-order valence-corrected chi connectivity index (χ3v) is 5.41. The van der Waals surface area contributed by atoms with Crippen LogP contribution in [0.5, 0.6) is 28.7 Å². The summed E-state index contributed by atoms with van der Waals surface area (Å²) in [6.07, 6.45) is 3.07. The van der Waals surface area contributed by atoms with Crippen LogP contribution in [0, 0.1) is 0 Å². The SMILES string of the molecule is O=C1C[C@H](c2ccncc2)c2c(cc(O)c3c(=O)c(O)c(-c4ccc(O)c(O)c4)oc23)O1. The molecule has 3 heterocycles. The Hall–Kier alpha value is -4.53. The molecular formula is C23H15NO8. The Balaban J connectivity index is 1.87. The van der Waals surface area contributed by atoms with E-state index in [0.29, 0.717) is 11.1 Å². The molecule has 0 saturated heterocycles. The molecule has 32 heavy (non-hydrogen) atoms. The summed E-state index contributed by atoms with van der Waals surface area (Å²) in [6, 6.07) is 8.20. The molecule has 0 aliphatic carbocycles. The number of aromatic hydroxyl groups is 4. The molecule has 4 N–H and O–H groups in total. The van der Waals surface area contributed by atoms with Crippen LogP contribution in [0.1, 0.15) is 23.5 Å². The van der Waals surface area contributed by atoms with Gasteiger partial charge >= 0.3 is 5.97 Å². The number of carbonyl (C=O) groups excluding carboxylic acids is 1. The van der Waals surface area contributed by atoms with Crippen LogP contribution in [0.15, 0.2) is 58.0 Å². The number of esters is 1. The molecule has 2 aromatic carbocycles. The summed E-state index contributed by atoms with van der Waals surface area (Å²) in [6.45, 7) is 0. The first-order valence-corrected chi connectivity index (χ1v) is 9.53. The van der Waals surface area contributed by atoms with Crippen molar-refractivity contribution >= 4 is 16.9 Å². The van der Waals surface area contributed by atoms with Crippen LogP contribution in [0.25, 0.3) is 22.3 Å². The first-order valence-electron chi connectivity index (χ1n) is 9.53. The molecular weight excluding hydrogens is 418 g/mol. The fraction of sp³-hybridized carbons (Fsp3) is 0.0870. The number of fused-ring (bicyclic) bond motifs is 3. The summed E-state index contributed by atoms with van der Waals surface area (Å²) in [5.74, 6) is -3.52. The third kappa shape index (κ3) is 2.90. The van der Waals surface area contributed by atoms with Crippen LogP contribution in [-0.4, -0.2) is 31.4 Å². The number of hydrogen-bond acceptors (Lipinski definition) is 9. The summed E-state index contributed by atoms with van der Waals surface area (Å²) in [5, 5.41) is 40.1. The van der Waals surface area contributed by atoms with Gasteiger partial charge in [-0.2, -0.15) is 0 Å². The monoisotopic (exact) mass is 433 g/mol. The van der Waals surface area contributed by atoms with Crippen molar-refractivity contribution in [2.75, 3.05) is 0 Å². The second-order valence-corrected chi connectivity index (χ2v) is 7.34. The lowest BCUT2D eigenvalue weighted by Crippen LogP contribution is -2.22. The van der Waals surface area contributed by atoms with Gasteiger partial charge in [-0.25, -0.2) is 0 Å². The molecule has 4 aromatic rings. The highest BCUT2D eigenvalue weighted by atomic mass is 16.5. The summed E-state index contributed by atoms with van der Waals surface area (Å²) >= 11 is 0. The molecule has 1 aliphatic heterocycles. The molecule has 0 fully saturated rings. The van der Waals surface area contributed by atoms with Crippen molar-refractivity contribution in [1.82, 2.24) is 4.98 Å². The van der Waals surface area contributed by atoms with E-state index in [-0.39, 0.29) is 34.5 Å². The minimum Gasteiger partial charge on any atom is -0.507 e. The number of phenolic OH excluding ortho intramolecular Hbond substituents is 3. The van der Waals surface area contributed by atoms with Gasteiger partial charge < -0.3 is 29.6 Å². The number of rotatable bonds is 2. The lowest BCUT2D eigenvalue weighted by Gasteiger charge is -2.26. The lowest BCUT2D eigenvalue weighted by molar-refractivity contribution is -0.135. The van der Waals surface area contributed by atoms with Crippen LogP contribution < -0.4 is 10.2 Å². The molecule has 9 heteroatoms. The minimum atomic E-state index is -0.903. The second-order valence-electron chi connectivity index (χ2n) is 7.34. The van der Waals surface area contributed by atoms with Gasteiger partial charge in [0.05, 0.1) is 6.42 Å². The van der Waals surface area contributed by atoms with Crippen LogP contribution in [0.4, 0.5) is 0 Å². The number of pyridine rings is 1. The van der Waals surface area contributed by atoms with Crippen molar-refractivity contribution in [1.29, 1.82) is 0 Å². The molecule has 0 unspecified atom stereocenters. The molecule has 0 saturated carbocycles. The van der Waals surface area contributed by atoms with Gasteiger partial charge in [0.1, 0.15) is 22.5 Å². The Bertz CT molecular complexity index is 1460. The Morgan fingerprint density at radius 1 is 0.906 bits per heavy atom. The molecule has 1 aliphatic rings. The van der Waals surface area contributed by atoms with E-state index in [1.165, 1.54) is 12.1 Å². The van der Waals surface area contributed by atoms with Crippen molar-refractivity contribution in [3.05, 3.63) is 70.1 Å². The molecule has 0 amide bonds. The molecule has 0 radical (unpaired) electrons. The Kier molecular flexibility index (Phi) is 4.26. The number of aromatic nitrogens is 1. The highest BCUT2D eigenvalue weighted by Gasteiger charge is 2.34. The second kappa shape index (κ2) is 7.02. The fourth-order valence-electron chi connectivity index (χ4n) is 3.92. The summed E-state index contributed by atoms with van der Waals surface area (Å²) < 4.78 is 11.2. The van der Waals surface area contributed by atoms with E-state index in [2.05, 4.69) is 4.98 Å². The predicted octanol–water partition coefficient (Wildman–Crippen LogP) is 3.12. The average molecular weight is 433 g/mol. The third-order valence-electron chi connectivity index (χ3n) is 5.41. The molecule has 5 rings (SSSR count). The van der Waals surface area contributed by atoms with Crippen LogP contribution in [0.3, 0.4) is 0 Å². The fourth-order valence-corrected chi connectivity index (χ4v) is 3.92. The van der Waals surface area contributed by atoms with Gasteiger partial charge in [0, 0.05) is 35.5 Å². The number of benzene rings is 2. The highest BCUT2D eigenvalue weighted by Crippen LogP contribution is 2.47. The van der Waals surface area contributed by atoms with E-state index in [1.54, 1.807) is 24.5 Å². The van der Waals surface area contributed by atoms with E-state index in [9.17, 15) is 30.0 Å². The summed E-state index contributed by atoms with van der Waals surface area (Å²) in [4.78, 5) is 29.2. The number of phenols is 3. The normalized spacial score (nSPS) is 15.4. The van der Waals surface area contributed by atoms with E-state index in [1.807, 2.05) is 0 Å². The van der Waals surface area contributed by atoms with Gasteiger partial charge in [-0.15, -0.1) is 0 Å². The maximum absolute atomic E-state index is 13.0. The predicted molar refractivity (Wildman–Crippen MR) is 111 cm³/mol. The Morgan fingerprint density at radius 2 is 1.66 bits per heavy atom.